The minimum atomic E-state index is -1.32. The molecule has 0 spiro atoms. The van der Waals surface area contributed by atoms with Crippen LogP contribution in [0.5, 0.6) is 0 Å². The Hall–Kier alpha value is -1.40. The van der Waals surface area contributed by atoms with Crippen molar-refractivity contribution in [3.8, 4) is 0 Å². The fourth-order valence-corrected chi connectivity index (χ4v) is 1.84. The molecule has 0 aliphatic rings. The molecule has 1 amide bonds. The monoisotopic (exact) mass is 243 g/mol. The predicted octanol–water partition coefficient (Wildman–Crippen LogP) is 0.320. The molecular formula is C10H13NO4S. The molecule has 6 heteroatoms. The number of amides is 1. The molecule has 0 radical (unpaired) electrons. The van der Waals surface area contributed by atoms with E-state index >= 15 is 0 Å². The van der Waals surface area contributed by atoms with Gasteiger partial charge < -0.3 is 15.2 Å². The number of nitrogens with one attached hydrogen (secondary N) is 1. The Kier molecular flexibility index (Phi) is 4.45. The van der Waals surface area contributed by atoms with Crippen LogP contribution in [0.3, 0.4) is 0 Å². The van der Waals surface area contributed by atoms with Crippen LogP contribution in [0.15, 0.2) is 12.1 Å². The van der Waals surface area contributed by atoms with Gasteiger partial charge in [-0.2, -0.15) is 0 Å². The first kappa shape index (κ1) is 12.7. The highest BCUT2D eigenvalue weighted by Gasteiger charge is 2.17. The smallest absolute Gasteiger partial charge is 0.336 e. The van der Waals surface area contributed by atoms with Crippen molar-refractivity contribution in [2.24, 2.45) is 0 Å². The fourth-order valence-electron chi connectivity index (χ4n) is 1.05. The highest BCUT2D eigenvalue weighted by Crippen LogP contribution is 2.14. The molecule has 1 atom stereocenters. The van der Waals surface area contributed by atoms with Gasteiger partial charge in [-0.3, -0.25) is 4.79 Å². The number of carbonyl (C=O) groups is 2. The number of aryl methyl sites for hydroxylation is 1. The first-order chi connectivity index (χ1) is 7.54. The molecule has 1 aromatic rings. The first-order valence-electron chi connectivity index (χ1n) is 4.65. The molecule has 1 unspecified atom stereocenters. The van der Waals surface area contributed by atoms with Crippen LogP contribution in [0.1, 0.15) is 14.5 Å². The lowest BCUT2D eigenvalue weighted by atomic mass is 10.3. The number of aliphatic hydroxyl groups excluding tert-OH is 1. The van der Waals surface area contributed by atoms with Gasteiger partial charge in [0.25, 0.3) is 5.91 Å². The van der Waals surface area contributed by atoms with Gasteiger partial charge in [-0.15, -0.1) is 11.3 Å². The predicted molar refractivity (Wildman–Crippen MR) is 59.4 cm³/mol. The van der Waals surface area contributed by atoms with E-state index in [9.17, 15) is 14.7 Å². The molecule has 0 aromatic carbocycles. The van der Waals surface area contributed by atoms with Crippen molar-refractivity contribution in [2.45, 2.75) is 13.0 Å². The Morgan fingerprint density at radius 3 is 2.75 bits per heavy atom. The number of methoxy groups -OCH3 is 1. The second kappa shape index (κ2) is 5.62. The molecule has 1 heterocycles. The summed E-state index contributed by atoms with van der Waals surface area (Å²) >= 11 is 1.35. The maximum atomic E-state index is 11.5. The summed E-state index contributed by atoms with van der Waals surface area (Å²) in [5.74, 6) is -1.07. The first-order valence-corrected chi connectivity index (χ1v) is 5.46. The fraction of sp³-hybridized carbons (Fsp3) is 0.400. The average Bonchev–Trinajstić information content (AvgIpc) is 2.71. The van der Waals surface area contributed by atoms with Crippen LogP contribution >= 0.6 is 11.3 Å². The number of aliphatic hydroxyl groups is 1. The van der Waals surface area contributed by atoms with Gasteiger partial charge in [-0.25, -0.2) is 4.79 Å². The van der Waals surface area contributed by atoms with Gasteiger partial charge in [0.2, 0.25) is 0 Å². The van der Waals surface area contributed by atoms with Gasteiger partial charge in [0.1, 0.15) is 0 Å². The van der Waals surface area contributed by atoms with Crippen LogP contribution in [-0.2, 0) is 9.53 Å². The quantitative estimate of drug-likeness (QED) is 0.747. The lowest BCUT2D eigenvalue weighted by molar-refractivity contribution is -0.149. The lowest BCUT2D eigenvalue weighted by Gasteiger charge is -2.08. The SMILES string of the molecule is COC(=O)C(O)CNC(=O)c1ccc(C)s1. The Labute approximate surface area is 97.0 Å². The van der Waals surface area contributed by atoms with Crippen molar-refractivity contribution < 1.29 is 19.4 Å². The number of thiophene rings is 1. The molecule has 0 bridgehead atoms. The van der Waals surface area contributed by atoms with E-state index in [4.69, 9.17) is 0 Å². The topological polar surface area (TPSA) is 75.6 Å². The van der Waals surface area contributed by atoms with E-state index in [0.717, 1.165) is 4.88 Å². The zero-order valence-electron chi connectivity index (χ0n) is 9.02. The average molecular weight is 243 g/mol. The molecule has 0 aliphatic carbocycles. The molecule has 0 fully saturated rings. The summed E-state index contributed by atoms with van der Waals surface area (Å²) in [4.78, 5) is 23.9. The van der Waals surface area contributed by atoms with Crippen molar-refractivity contribution in [1.29, 1.82) is 0 Å². The van der Waals surface area contributed by atoms with Crippen LogP contribution in [0, 0.1) is 6.92 Å². The second-order valence-electron chi connectivity index (χ2n) is 3.16. The molecule has 0 saturated carbocycles. The Morgan fingerprint density at radius 2 is 2.25 bits per heavy atom. The number of carbonyl (C=O) groups excluding carboxylic acids is 2. The van der Waals surface area contributed by atoms with E-state index in [1.807, 2.05) is 13.0 Å². The third-order valence-electron chi connectivity index (χ3n) is 1.89. The normalized spacial score (nSPS) is 11.9. The molecule has 5 nitrogen and oxygen atoms in total. The van der Waals surface area contributed by atoms with Gasteiger partial charge >= 0.3 is 5.97 Å². The van der Waals surface area contributed by atoms with E-state index < -0.39 is 12.1 Å². The zero-order chi connectivity index (χ0) is 12.1. The van der Waals surface area contributed by atoms with Crippen molar-refractivity contribution in [1.82, 2.24) is 5.32 Å². The van der Waals surface area contributed by atoms with Crippen LogP contribution < -0.4 is 5.32 Å². The van der Waals surface area contributed by atoms with E-state index in [0.29, 0.717) is 4.88 Å². The summed E-state index contributed by atoms with van der Waals surface area (Å²) in [6.07, 6.45) is -1.32. The third kappa shape index (κ3) is 3.32. The van der Waals surface area contributed by atoms with E-state index in [2.05, 4.69) is 10.1 Å². The minimum absolute atomic E-state index is 0.150. The second-order valence-corrected chi connectivity index (χ2v) is 4.45. The molecule has 2 N–H and O–H groups in total. The maximum absolute atomic E-state index is 11.5. The molecule has 0 aliphatic heterocycles. The van der Waals surface area contributed by atoms with Crippen LogP contribution in [0.2, 0.25) is 0 Å². The molecule has 1 aromatic heterocycles. The Balaban J connectivity index is 2.44. The number of rotatable bonds is 4. The van der Waals surface area contributed by atoms with Crippen LogP contribution in [0.4, 0.5) is 0 Å². The Bertz CT molecular complexity index is 388. The molecule has 0 saturated heterocycles. The summed E-state index contributed by atoms with van der Waals surface area (Å²) in [5, 5.41) is 11.7. The number of hydrogen-bond donors (Lipinski definition) is 2. The van der Waals surface area contributed by atoms with Gasteiger partial charge in [0.05, 0.1) is 18.5 Å². The molecule has 88 valence electrons. The van der Waals surface area contributed by atoms with Crippen LogP contribution in [-0.4, -0.2) is 36.7 Å². The highest BCUT2D eigenvalue weighted by atomic mass is 32.1. The molecule has 16 heavy (non-hydrogen) atoms. The van der Waals surface area contributed by atoms with Crippen molar-refractivity contribution in [3.63, 3.8) is 0 Å². The lowest BCUT2D eigenvalue weighted by Crippen LogP contribution is -2.36. The summed E-state index contributed by atoms with van der Waals surface area (Å²) in [5.41, 5.74) is 0. The number of esters is 1. The summed E-state index contributed by atoms with van der Waals surface area (Å²) in [6.45, 7) is 1.74. The standard InChI is InChI=1S/C10H13NO4S/c1-6-3-4-8(16-6)9(13)11-5-7(12)10(14)15-2/h3-4,7,12H,5H2,1-2H3,(H,11,13). The number of hydrogen-bond acceptors (Lipinski definition) is 5. The molecular weight excluding hydrogens is 230 g/mol. The maximum Gasteiger partial charge on any atom is 0.336 e. The van der Waals surface area contributed by atoms with Gasteiger partial charge in [0.15, 0.2) is 6.10 Å². The number of ether oxygens (including phenoxy) is 1. The van der Waals surface area contributed by atoms with E-state index in [-0.39, 0.29) is 12.5 Å². The zero-order valence-corrected chi connectivity index (χ0v) is 9.84. The Morgan fingerprint density at radius 1 is 1.56 bits per heavy atom. The largest absolute Gasteiger partial charge is 0.467 e. The van der Waals surface area contributed by atoms with Gasteiger partial charge in [0, 0.05) is 4.88 Å². The van der Waals surface area contributed by atoms with Crippen molar-refractivity contribution >= 4 is 23.2 Å². The third-order valence-corrected chi connectivity index (χ3v) is 2.89. The van der Waals surface area contributed by atoms with Gasteiger partial charge in [-0.1, -0.05) is 0 Å². The highest BCUT2D eigenvalue weighted by molar-refractivity contribution is 7.13. The molecule has 1 rings (SSSR count). The minimum Gasteiger partial charge on any atom is -0.467 e. The van der Waals surface area contributed by atoms with E-state index in [1.165, 1.54) is 18.4 Å². The van der Waals surface area contributed by atoms with Crippen molar-refractivity contribution in [2.75, 3.05) is 13.7 Å². The summed E-state index contributed by atoms with van der Waals surface area (Å²) in [6, 6.07) is 3.52. The van der Waals surface area contributed by atoms with E-state index in [1.54, 1.807) is 6.07 Å². The van der Waals surface area contributed by atoms with Crippen molar-refractivity contribution in [3.05, 3.63) is 21.9 Å². The summed E-state index contributed by atoms with van der Waals surface area (Å²) < 4.78 is 4.32. The van der Waals surface area contributed by atoms with Gasteiger partial charge in [-0.05, 0) is 19.1 Å². The summed E-state index contributed by atoms with van der Waals surface area (Å²) in [7, 11) is 1.18. The van der Waals surface area contributed by atoms with Crippen LogP contribution in [0.25, 0.3) is 0 Å².